The molecule has 2 heterocycles. The van der Waals surface area contributed by atoms with Gasteiger partial charge in [0.1, 0.15) is 5.82 Å². The van der Waals surface area contributed by atoms with Gasteiger partial charge in [0.25, 0.3) is 0 Å². The SMILES string of the molecule is CN(C)CNc1ccn([C@@H]2COC(CO)O2)c(=O)n1. The molecule has 0 aromatic carbocycles. The molecule has 0 saturated carbocycles. The van der Waals surface area contributed by atoms with Gasteiger partial charge in [-0.3, -0.25) is 9.47 Å². The molecule has 0 aliphatic carbocycles. The van der Waals surface area contributed by atoms with E-state index < -0.39 is 18.2 Å². The number of aliphatic hydroxyl groups is 1. The van der Waals surface area contributed by atoms with E-state index in [0.717, 1.165) is 0 Å². The summed E-state index contributed by atoms with van der Waals surface area (Å²) in [6.07, 6.45) is 0.379. The molecule has 8 heteroatoms. The summed E-state index contributed by atoms with van der Waals surface area (Å²) in [5.74, 6) is 0.507. The Morgan fingerprint density at radius 1 is 1.63 bits per heavy atom. The second-order valence-corrected chi connectivity index (χ2v) is 4.45. The molecule has 106 valence electrons. The minimum absolute atomic E-state index is 0.220. The summed E-state index contributed by atoms with van der Waals surface area (Å²) >= 11 is 0. The molecule has 8 nitrogen and oxygen atoms in total. The van der Waals surface area contributed by atoms with Crippen LogP contribution >= 0.6 is 0 Å². The van der Waals surface area contributed by atoms with Crippen molar-refractivity contribution in [1.29, 1.82) is 0 Å². The fourth-order valence-electron chi connectivity index (χ4n) is 1.65. The Kier molecular flexibility index (Phi) is 4.48. The average Bonchev–Trinajstić information content (AvgIpc) is 2.85. The van der Waals surface area contributed by atoms with Crippen LogP contribution < -0.4 is 11.0 Å². The fourth-order valence-corrected chi connectivity index (χ4v) is 1.65. The van der Waals surface area contributed by atoms with E-state index in [4.69, 9.17) is 14.6 Å². The molecule has 0 spiro atoms. The molecule has 0 amide bonds. The van der Waals surface area contributed by atoms with Gasteiger partial charge in [-0.25, -0.2) is 4.79 Å². The van der Waals surface area contributed by atoms with Crippen LogP contribution in [0.15, 0.2) is 17.1 Å². The molecule has 2 N–H and O–H groups in total. The van der Waals surface area contributed by atoms with Gasteiger partial charge in [-0.2, -0.15) is 4.98 Å². The first kappa shape index (κ1) is 13.9. The van der Waals surface area contributed by atoms with Crippen molar-refractivity contribution >= 4 is 5.82 Å². The highest BCUT2D eigenvalue weighted by Gasteiger charge is 2.27. The van der Waals surface area contributed by atoms with E-state index in [1.807, 2.05) is 19.0 Å². The molecule has 1 saturated heterocycles. The Morgan fingerprint density at radius 2 is 2.42 bits per heavy atom. The van der Waals surface area contributed by atoms with Crippen LogP contribution in [0.5, 0.6) is 0 Å². The maximum atomic E-state index is 11.9. The van der Waals surface area contributed by atoms with Crippen molar-refractivity contribution in [2.45, 2.75) is 12.5 Å². The summed E-state index contributed by atoms with van der Waals surface area (Å²) in [7, 11) is 3.82. The van der Waals surface area contributed by atoms with Crippen molar-refractivity contribution in [2.75, 3.05) is 39.3 Å². The van der Waals surface area contributed by atoms with Crippen molar-refractivity contribution in [3.05, 3.63) is 22.7 Å². The first-order valence-corrected chi connectivity index (χ1v) is 5.96. The summed E-state index contributed by atoms with van der Waals surface area (Å²) in [6.45, 7) is 0.574. The van der Waals surface area contributed by atoms with Crippen LogP contribution in [-0.2, 0) is 9.47 Å². The van der Waals surface area contributed by atoms with E-state index >= 15 is 0 Å². The van der Waals surface area contributed by atoms with Crippen LogP contribution in [0.3, 0.4) is 0 Å². The highest BCUT2D eigenvalue weighted by Crippen LogP contribution is 2.18. The molecule has 0 radical (unpaired) electrons. The summed E-state index contributed by atoms with van der Waals surface area (Å²) in [6, 6.07) is 1.69. The van der Waals surface area contributed by atoms with Gasteiger partial charge in [-0.05, 0) is 20.2 Å². The molecular weight excluding hydrogens is 252 g/mol. The maximum Gasteiger partial charge on any atom is 0.351 e. The van der Waals surface area contributed by atoms with Gasteiger partial charge in [-0.15, -0.1) is 0 Å². The van der Waals surface area contributed by atoms with E-state index in [1.165, 1.54) is 4.57 Å². The molecule has 19 heavy (non-hydrogen) atoms. The van der Waals surface area contributed by atoms with E-state index in [9.17, 15) is 4.79 Å². The lowest BCUT2D eigenvalue weighted by Gasteiger charge is -2.14. The molecule has 1 aliphatic heterocycles. The van der Waals surface area contributed by atoms with Crippen LogP contribution in [0, 0.1) is 0 Å². The summed E-state index contributed by atoms with van der Waals surface area (Å²) in [5.41, 5.74) is -0.420. The lowest BCUT2D eigenvalue weighted by atomic mass is 10.5. The largest absolute Gasteiger partial charge is 0.391 e. The Bertz CT molecular complexity index is 476. The minimum Gasteiger partial charge on any atom is -0.391 e. The molecule has 1 aromatic heterocycles. The Labute approximate surface area is 110 Å². The van der Waals surface area contributed by atoms with Gasteiger partial charge in [0.05, 0.1) is 19.9 Å². The third-order valence-electron chi connectivity index (χ3n) is 2.60. The predicted molar refractivity (Wildman–Crippen MR) is 67.6 cm³/mol. The molecule has 0 bridgehead atoms. The van der Waals surface area contributed by atoms with E-state index in [0.29, 0.717) is 12.5 Å². The van der Waals surface area contributed by atoms with Crippen molar-refractivity contribution in [3.8, 4) is 0 Å². The quantitative estimate of drug-likeness (QED) is 0.666. The van der Waals surface area contributed by atoms with Crippen molar-refractivity contribution in [3.63, 3.8) is 0 Å². The molecule has 1 aromatic rings. The van der Waals surface area contributed by atoms with Crippen LogP contribution in [0.1, 0.15) is 6.23 Å². The van der Waals surface area contributed by atoms with Gasteiger partial charge in [0.15, 0.2) is 12.5 Å². The lowest BCUT2D eigenvalue weighted by Crippen LogP contribution is -2.30. The van der Waals surface area contributed by atoms with E-state index in [-0.39, 0.29) is 13.2 Å². The monoisotopic (exact) mass is 270 g/mol. The zero-order valence-electron chi connectivity index (χ0n) is 10.9. The highest BCUT2D eigenvalue weighted by atomic mass is 16.7. The van der Waals surface area contributed by atoms with Crippen LogP contribution in [-0.4, -0.2) is 59.8 Å². The number of ether oxygens (including phenoxy) is 2. The first-order chi connectivity index (χ1) is 9.10. The van der Waals surface area contributed by atoms with Gasteiger partial charge in [0, 0.05) is 6.20 Å². The van der Waals surface area contributed by atoms with Crippen LogP contribution in [0.25, 0.3) is 0 Å². The topological polar surface area (TPSA) is 88.9 Å². The normalized spacial score (nSPS) is 22.9. The standard InChI is InChI=1S/C11H18N4O4/c1-14(2)7-12-8-3-4-15(11(17)13-8)9-6-18-10(5-16)19-9/h3-4,9-10,16H,5-7H2,1-2H3,(H,12,13,17)/t9-,10?/m0/s1. The zero-order chi connectivity index (χ0) is 13.8. The highest BCUT2D eigenvalue weighted by molar-refractivity contribution is 5.31. The van der Waals surface area contributed by atoms with Gasteiger partial charge < -0.3 is 19.9 Å². The number of rotatable bonds is 5. The molecule has 1 unspecified atom stereocenters. The Hall–Kier alpha value is -1.48. The number of nitrogens with zero attached hydrogens (tertiary/aromatic N) is 3. The minimum atomic E-state index is -0.677. The van der Waals surface area contributed by atoms with E-state index in [1.54, 1.807) is 12.3 Å². The smallest absolute Gasteiger partial charge is 0.351 e. The van der Waals surface area contributed by atoms with Crippen molar-refractivity contribution < 1.29 is 14.6 Å². The van der Waals surface area contributed by atoms with Crippen LogP contribution in [0.4, 0.5) is 5.82 Å². The van der Waals surface area contributed by atoms with E-state index in [2.05, 4.69) is 10.3 Å². The number of aromatic nitrogens is 2. The number of anilines is 1. The predicted octanol–water partition coefficient (Wildman–Crippen LogP) is -0.962. The Balaban J connectivity index is 2.05. The molecule has 2 atom stereocenters. The Morgan fingerprint density at radius 3 is 3.00 bits per heavy atom. The first-order valence-electron chi connectivity index (χ1n) is 5.96. The number of hydrogen-bond acceptors (Lipinski definition) is 7. The number of hydrogen-bond donors (Lipinski definition) is 2. The van der Waals surface area contributed by atoms with Gasteiger partial charge >= 0.3 is 5.69 Å². The maximum absolute atomic E-state index is 11.9. The van der Waals surface area contributed by atoms with Crippen molar-refractivity contribution in [1.82, 2.24) is 14.5 Å². The molecule has 1 fully saturated rings. The van der Waals surface area contributed by atoms with Gasteiger partial charge in [0.2, 0.25) is 0 Å². The lowest BCUT2D eigenvalue weighted by molar-refractivity contribution is -0.0992. The molecular formula is C11H18N4O4. The van der Waals surface area contributed by atoms with Crippen LogP contribution in [0.2, 0.25) is 0 Å². The number of nitrogens with one attached hydrogen (secondary N) is 1. The van der Waals surface area contributed by atoms with Crippen molar-refractivity contribution in [2.24, 2.45) is 0 Å². The summed E-state index contributed by atoms with van der Waals surface area (Å²) < 4.78 is 11.8. The second kappa shape index (κ2) is 6.11. The molecule has 1 aliphatic rings. The second-order valence-electron chi connectivity index (χ2n) is 4.45. The summed E-state index contributed by atoms with van der Waals surface area (Å²) in [5, 5.41) is 11.9. The molecule has 2 rings (SSSR count). The third kappa shape index (κ3) is 3.51. The average molecular weight is 270 g/mol. The van der Waals surface area contributed by atoms with Gasteiger partial charge in [-0.1, -0.05) is 0 Å². The zero-order valence-corrected chi connectivity index (χ0v) is 10.9. The third-order valence-corrected chi connectivity index (χ3v) is 2.60. The fraction of sp³-hybridized carbons (Fsp3) is 0.636. The number of aliphatic hydroxyl groups excluding tert-OH is 1. The summed E-state index contributed by atoms with van der Waals surface area (Å²) in [4.78, 5) is 17.7.